The Morgan fingerprint density at radius 1 is 1.07 bits per heavy atom. The van der Waals surface area contributed by atoms with E-state index in [0.29, 0.717) is 5.92 Å². The summed E-state index contributed by atoms with van der Waals surface area (Å²) in [5, 5.41) is 10.7. The highest BCUT2D eigenvalue weighted by molar-refractivity contribution is 5.89. The Morgan fingerprint density at radius 2 is 1.85 bits per heavy atom. The molecule has 0 spiro atoms. The van der Waals surface area contributed by atoms with Crippen LogP contribution in [0.1, 0.15) is 30.0 Å². The van der Waals surface area contributed by atoms with Gasteiger partial charge in [-0.3, -0.25) is 5.10 Å². The van der Waals surface area contributed by atoms with Gasteiger partial charge in [0.1, 0.15) is 0 Å². The number of hydrogen-bond acceptors (Lipinski definition) is 2. The first-order valence-electron chi connectivity index (χ1n) is 9.42. The van der Waals surface area contributed by atoms with Crippen LogP contribution < -0.4 is 5.32 Å². The summed E-state index contributed by atoms with van der Waals surface area (Å²) in [5.74, 6) is 0.414. The molecule has 1 fully saturated rings. The molecule has 0 saturated carbocycles. The molecule has 5 nitrogen and oxygen atoms in total. The minimum atomic E-state index is -0.0234. The molecule has 0 aliphatic carbocycles. The van der Waals surface area contributed by atoms with E-state index in [2.05, 4.69) is 52.8 Å². The second-order valence-corrected chi connectivity index (χ2v) is 7.14. The molecule has 2 N–H and O–H groups in total. The predicted molar refractivity (Wildman–Crippen MR) is 108 cm³/mol. The van der Waals surface area contributed by atoms with Gasteiger partial charge in [0.15, 0.2) is 0 Å². The van der Waals surface area contributed by atoms with Crippen LogP contribution in [0.3, 0.4) is 0 Å². The number of rotatable bonds is 3. The second kappa shape index (κ2) is 7.66. The molecule has 3 aromatic rings. The van der Waals surface area contributed by atoms with Gasteiger partial charge in [-0.25, -0.2) is 4.79 Å². The third-order valence-corrected chi connectivity index (χ3v) is 5.16. The van der Waals surface area contributed by atoms with Crippen LogP contribution in [0.25, 0.3) is 11.3 Å². The highest BCUT2D eigenvalue weighted by Crippen LogP contribution is 2.29. The molecule has 1 aliphatic rings. The standard InChI is InChI=1S/C22H24N4O/c1-16-6-5-7-18(14-16)21-15-20(24-25-21)17-10-12-26(13-11-17)22(27)23-19-8-3-2-4-9-19/h2-9,14-15,17H,10-13H2,1H3,(H,23,27)(H,24,25). The molecular weight excluding hydrogens is 336 g/mol. The highest BCUT2D eigenvalue weighted by Gasteiger charge is 2.25. The van der Waals surface area contributed by atoms with E-state index in [1.54, 1.807) is 0 Å². The van der Waals surface area contributed by atoms with Crippen molar-refractivity contribution in [2.45, 2.75) is 25.7 Å². The summed E-state index contributed by atoms with van der Waals surface area (Å²) in [7, 11) is 0. The Hall–Kier alpha value is -3.08. The molecule has 1 saturated heterocycles. The zero-order valence-electron chi connectivity index (χ0n) is 15.5. The van der Waals surface area contributed by atoms with Gasteiger partial charge in [0.2, 0.25) is 0 Å². The normalized spacial score (nSPS) is 14.9. The Bertz CT molecular complexity index is 911. The molecule has 2 heterocycles. The molecule has 1 aliphatic heterocycles. The number of para-hydroxylation sites is 1. The van der Waals surface area contributed by atoms with Crippen molar-refractivity contribution < 1.29 is 4.79 Å². The van der Waals surface area contributed by atoms with Crippen molar-refractivity contribution in [2.75, 3.05) is 18.4 Å². The Labute approximate surface area is 159 Å². The monoisotopic (exact) mass is 360 g/mol. The van der Waals surface area contributed by atoms with Gasteiger partial charge in [-0.05, 0) is 44.0 Å². The van der Waals surface area contributed by atoms with Gasteiger partial charge in [0.25, 0.3) is 0 Å². The number of likely N-dealkylation sites (tertiary alicyclic amines) is 1. The molecule has 0 atom stereocenters. The average molecular weight is 360 g/mol. The van der Waals surface area contributed by atoms with Gasteiger partial charge in [0, 0.05) is 36.0 Å². The number of aryl methyl sites for hydroxylation is 1. The molecule has 5 heteroatoms. The second-order valence-electron chi connectivity index (χ2n) is 7.14. The van der Waals surface area contributed by atoms with E-state index < -0.39 is 0 Å². The minimum absolute atomic E-state index is 0.0234. The van der Waals surface area contributed by atoms with Crippen LogP contribution in [0.5, 0.6) is 0 Å². The van der Waals surface area contributed by atoms with Gasteiger partial charge in [0.05, 0.1) is 5.69 Å². The lowest BCUT2D eigenvalue weighted by molar-refractivity contribution is 0.194. The maximum absolute atomic E-state index is 12.4. The number of urea groups is 1. The first-order chi connectivity index (χ1) is 13.2. The lowest BCUT2D eigenvalue weighted by Crippen LogP contribution is -2.40. The van der Waals surface area contributed by atoms with E-state index in [9.17, 15) is 4.79 Å². The number of nitrogens with zero attached hydrogens (tertiary/aromatic N) is 2. The Balaban J connectivity index is 1.36. The molecule has 4 rings (SSSR count). The first kappa shape index (κ1) is 17.3. The topological polar surface area (TPSA) is 61.0 Å². The van der Waals surface area contributed by atoms with Crippen LogP contribution in [-0.2, 0) is 0 Å². The van der Waals surface area contributed by atoms with Crippen molar-refractivity contribution >= 4 is 11.7 Å². The fourth-order valence-corrected chi connectivity index (χ4v) is 3.62. The zero-order valence-corrected chi connectivity index (χ0v) is 15.5. The highest BCUT2D eigenvalue weighted by atomic mass is 16.2. The van der Waals surface area contributed by atoms with Crippen LogP contribution in [0.15, 0.2) is 60.7 Å². The van der Waals surface area contributed by atoms with Gasteiger partial charge in [-0.2, -0.15) is 5.10 Å². The van der Waals surface area contributed by atoms with Crippen molar-refractivity contribution in [3.05, 3.63) is 71.9 Å². The van der Waals surface area contributed by atoms with Crippen molar-refractivity contribution in [3.63, 3.8) is 0 Å². The SMILES string of the molecule is Cc1cccc(-c2cc(C3CCN(C(=O)Nc4ccccc4)CC3)[nH]n2)c1. The van der Waals surface area contributed by atoms with E-state index in [4.69, 9.17) is 0 Å². The van der Waals surface area contributed by atoms with E-state index in [1.165, 1.54) is 5.56 Å². The number of nitrogens with one attached hydrogen (secondary N) is 2. The maximum atomic E-state index is 12.4. The van der Waals surface area contributed by atoms with Crippen LogP contribution >= 0.6 is 0 Å². The predicted octanol–water partition coefficient (Wildman–Crippen LogP) is 4.80. The van der Waals surface area contributed by atoms with Crippen molar-refractivity contribution in [3.8, 4) is 11.3 Å². The fraction of sp³-hybridized carbons (Fsp3) is 0.273. The van der Waals surface area contributed by atoms with Crippen LogP contribution in [0.4, 0.5) is 10.5 Å². The summed E-state index contributed by atoms with van der Waals surface area (Å²) >= 11 is 0. The van der Waals surface area contributed by atoms with Gasteiger partial charge in [-0.1, -0.05) is 42.0 Å². The quantitative estimate of drug-likeness (QED) is 0.705. The molecular formula is C22H24N4O. The number of hydrogen-bond donors (Lipinski definition) is 2. The third kappa shape index (κ3) is 4.03. The van der Waals surface area contributed by atoms with Crippen LogP contribution in [-0.4, -0.2) is 34.2 Å². The molecule has 0 bridgehead atoms. The molecule has 2 amide bonds. The smallest absolute Gasteiger partial charge is 0.321 e. The largest absolute Gasteiger partial charge is 0.324 e. The fourth-order valence-electron chi connectivity index (χ4n) is 3.62. The zero-order chi connectivity index (χ0) is 18.6. The third-order valence-electron chi connectivity index (χ3n) is 5.16. The van der Waals surface area contributed by atoms with E-state index in [1.807, 2.05) is 35.2 Å². The van der Waals surface area contributed by atoms with Gasteiger partial charge in [-0.15, -0.1) is 0 Å². The number of H-pyrrole nitrogens is 1. The van der Waals surface area contributed by atoms with Crippen LogP contribution in [0.2, 0.25) is 0 Å². The minimum Gasteiger partial charge on any atom is -0.324 e. The lowest BCUT2D eigenvalue weighted by atomic mass is 9.93. The number of carbonyl (C=O) groups excluding carboxylic acids is 1. The summed E-state index contributed by atoms with van der Waals surface area (Å²) in [6.45, 7) is 3.59. The number of benzene rings is 2. The Morgan fingerprint density at radius 3 is 2.59 bits per heavy atom. The summed E-state index contributed by atoms with van der Waals surface area (Å²) in [4.78, 5) is 14.3. The van der Waals surface area contributed by atoms with Crippen LogP contribution in [0, 0.1) is 6.92 Å². The molecule has 138 valence electrons. The number of aromatic nitrogens is 2. The number of piperidine rings is 1. The van der Waals surface area contributed by atoms with Crippen molar-refractivity contribution in [1.82, 2.24) is 15.1 Å². The first-order valence-corrected chi connectivity index (χ1v) is 9.42. The summed E-state index contributed by atoms with van der Waals surface area (Å²) < 4.78 is 0. The lowest BCUT2D eigenvalue weighted by Gasteiger charge is -2.31. The number of aromatic amines is 1. The molecule has 0 radical (unpaired) electrons. The van der Waals surface area contributed by atoms with E-state index in [-0.39, 0.29) is 6.03 Å². The van der Waals surface area contributed by atoms with E-state index >= 15 is 0 Å². The van der Waals surface area contributed by atoms with Gasteiger partial charge < -0.3 is 10.2 Å². The molecule has 27 heavy (non-hydrogen) atoms. The summed E-state index contributed by atoms with van der Waals surface area (Å²) in [5.41, 5.74) is 5.35. The maximum Gasteiger partial charge on any atom is 0.321 e. The van der Waals surface area contributed by atoms with E-state index in [0.717, 1.165) is 48.6 Å². The molecule has 0 unspecified atom stereocenters. The number of anilines is 1. The summed E-state index contributed by atoms with van der Waals surface area (Å²) in [6, 6.07) is 20.1. The summed E-state index contributed by atoms with van der Waals surface area (Å²) in [6.07, 6.45) is 1.88. The van der Waals surface area contributed by atoms with Crippen molar-refractivity contribution in [1.29, 1.82) is 0 Å². The average Bonchev–Trinajstić information content (AvgIpc) is 3.19. The van der Waals surface area contributed by atoms with Gasteiger partial charge >= 0.3 is 6.03 Å². The number of amides is 2. The Kier molecular flexibility index (Phi) is 4.92. The van der Waals surface area contributed by atoms with Crippen molar-refractivity contribution in [2.24, 2.45) is 0 Å². The number of carbonyl (C=O) groups is 1. The molecule has 2 aromatic carbocycles. The molecule has 1 aromatic heterocycles.